The van der Waals surface area contributed by atoms with Gasteiger partial charge in [-0.25, -0.2) is 9.97 Å². The molecule has 0 saturated carbocycles. The number of rotatable bonds is 6. The molecule has 0 radical (unpaired) electrons. The molecule has 0 bridgehead atoms. The molecule has 0 unspecified atom stereocenters. The Labute approximate surface area is 129 Å². The SMILES string of the molecule is NC(=O)CNC(=O)Cc1csc(Nc2ccc(Cl)cn2)n1. The lowest BCUT2D eigenvalue weighted by molar-refractivity contribution is -0.124. The summed E-state index contributed by atoms with van der Waals surface area (Å²) in [6.45, 7) is -0.178. The van der Waals surface area contributed by atoms with Gasteiger partial charge in [0.15, 0.2) is 5.13 Å². The molecule has 0 spiro atoms. The fraction of sp³-hybridized carbons (Fsp3) is 0.167. The highest BCUT2D eigenvalue weighted by Gasteiger charge is 2.08. The Bertz CT molecular complexity index is 643. The quantitative estimate of drug-likeness (QED) is 0.736. The Morgan fingerprint density at radius 1 is 1.38 bits per heavy atom. The van der Waals surface area contributed by atoms with Crippen molar-refractivity contribution in [1.82, 2.24) is 15.3 Å². The molecular formula is C12H12ClN5O2S. The van der Waals surface area contributed by atoms with Crippen LogP contribution < -0.4 is 16.4 Å². The second-order valence-corrected chi connectivity index (χ2v) is 5.35. The molecule has 110 valence electrons. The number of carbonyl (C=O) groups is 2. The van der Waals surface area contributed by atoms with Crippen LogP contribution in [0.25, 0.3) is 0 Å². The molecule has 21 heavy (non-hydrogen) atoms. The first kappa shape index (κ1) is 15.2. The monoisotopic (exact) mass is 325 g/mol. The number of carbonyl (C=O) groups excluding carboxylic acids is 2. The number of hydrogen-bond acceptors (Lipinski definition) is 6. The van der Waals surface area contributed by atoms with E-state index in [1.54, 1.807) is 17.5 Å². The minimum atomic E-state index is -0.585. The van der Waals surface area contributed by atoms with Crippen molar-refractivity contribution in [2.45, 2.75) is 6.42 Å². The minimum absolute atomic E-state index is 0.0828. The van der Waals surface area contributed by atoms with Crippen molar-refractivity contribution < 1.29 is 9.59 Å². The van der Waals surface area contributed by atoms with Crippen molar-refractivity contribution >= 4 is 45.7 Å². The molecule has 2 aromatic heterocycles. The van der Waals surface area contributed by atoms with Crippen molar-refractivity contribution in [2.75, 3.05) is 11.9 Å². The highest BCUT2D eigenvalue weighted by Crippen LogP contribution is 2.20. The number of aromatic nitrogens is 2. The smallest absolute Gasteiger partial charge is 0.236 e. The van der Waals surface area contributed by atoms with Crippen molar-refractivity contribution in [3.63, 3.8) is 0 Å². The Balaban J connectivity index is 1.90. The summed E-state index contributed by atoms with van der Waals surface area (Å²) in [7, 11) is 0. The van der Waals surface area contributed by atoms with Gasteiger partial charge in [0.25, 0.3) is 0 Å². The first-order valence-electron chi connectivity index (χ1n) is 5.91. The number of primary amides is 1. The van der Waals surface area contributed by atoms with E-state index in [1.165, 1.54) is 17.5 Å². The van der Waals surface area contributed by atoms with Gasteiger partial charge in [-0.2, -0.15) is 0 Å². The molecule has 2 heterocycles. The maximum Gasteiger partial charge on any atom is 0.236 e. The van der Waals surface area contributed by atoms with Crippen LogP contribution in [0.4, 0.5) is 10.9 Å². The van der Waals surface area contributed by atoms with Gasteiger partial charge in [-0.05, 0) is 12.1 Å². The Kier molecular flexibility index (Phi) is 5.07. The topological polar surface area (TPSA) is 110 Å². The van der Waals surface area contributed by atoms with Crippen LogP contribution in [-0.4, -0.2) is 28.3 Å². The van der Waals surface area contributed by atoms with Crippen molar-refractivity contribution in [3.8, 4) is 0 Å². The number of halogens is 1. The van der Waals surface area contributed by atoms with E-state index < -0.39 is 5.91 Å². The average Bonchev–Trinajstić information content (AvgIpc) is 2.86. The average molecular weight is 326 g/mol. The van der Waals surface area contributed by atoms with Crippen LogP contribution in [0.2, 0.25) is 5.02 Å². The van der Waals surface area contributed by atoms with E-state index in [-0.39, 0.29) is 18.9 Å². The molecule has 2 aromatic rings. The van der Waals surface area contributed by atoms with E-state index in [9.17, 15) is 9.59 Å². The van der Waals surface area contributed by atoms with Crippen LogP contribution in [0, 0.1) is 0 Å². The van der Waals surface area contributed by atoms with Gasteiger partial charge >= 0.3 is 0 Å². The van der Waals surface area contributed by atoms with Gasteiger partial charge in [0, 0.05) is 11.6 Å². The highest BCUT2D eigenvalue weighted by molar-refractivity contribution is 7.13. The molecule has 9 heteroatoms. The predicted octanol–water partition coefficient (Wildman–Crippen LogP) is 1.08. The van der Waals surface area contributed by atoms with E-state index in [4.69, 9.17) is 17.3 Å². The number of nitrogens with zero attached hydrogens (tertiary/aromatic N) is 2. The summed E-state index contributed by atoms with van der Waals surface area (Å²) < 4.78 is 0. The lowest BCUT2D eigenvalue weighted by atomic mass is 10.3. The Hall–Kier alpha value is -2.19. The maximum atomic E-state index is 11.5. The number of anilines is 2. The van der Waals surface area contributed by atoms with E-state index in [0.717, 1.165) is 0 Å². The predicted molar refractivity (Wildman–Crippen MR) is 80.6 cm³/mol. The fourth-order valence-electron chi connectivity index (χ4n) is 1.42. The van der Waals surface area contributed by atoms with Gasteiger partial charge in [-0.15, -0.1) is 11.3 Å². The molecule has 2 amide bonds. The number of amides is 2. The highest BCUT2D eigenvalue weighted by atomic mass is 35.5. The molecular weight excluding hydrogens is 314 g/mol. The van der Waals surface area contributed by atoms with Gasteiger partial charge in [-0.1, -0.05) is 11.6 Å². The van der Waals surface area contributed by atoms with Crippen LogP contribution in [0.5, 0.6) is 0 Å². The molecule has 4 N–H and O–H groups in total. The minimum Gasteiger partial charge on any atom is -0.368 e. The normalized spacial score (nSPS) is 10.1. The van der Waals surface area contributed by atoms with E-state index in [0.29, 0.717) is 21.7 Å². The van der Waals surface area contributed by atoms with Crippen LogP contribution in [-0.2, 0) is 16.0 Å². The Morgan fingerprint density at radius 2 is 2.19 bits per heavy atom. The zero-order valence-electron chi connectivity index (χ0n) is 10.8. The Morgan fingerprint density at radius 3 is 2.86 bits per heavy atom. The number of pyridine rings is 1. The first-order chi connectivity index (χ1) is 10.0. The zero-order valence-corrected chi connectivity index (χ0v) is 12.4. The van der Waals surface area contributed by atoms with Crippen LogP contribution in [0.1, 0.15) is 5.69 Å². The summed E-state index contributed by atoms with van der Waals surface area (Å²) in [5, 5.41) is 8.32. The summed E-state index contributed by atoms with van der Waals surface area (Å²) in [5.41, 5.74) is 5.54. The molecule has 0 atom stereocenters. The largest absolute Gasteiger partial charge is 0.368 e. The summed E-state index contributed by atoms with van der Waals surface area (Å²) in [6.07, 6.45) is 1.61. The van der Waals surface area contributed by atoms with Crippen molar-refractivity contribution in [1.29, 1.82) is 0 Å². The summed E-state index contributed by atoms with van der Waals surface area (Å²) in [6, 6.07) is 3.44. The molecule has 0 aliphatic carbocycles. The summed E-state index contributed by atoms with van der Waals surface area (Å²) >= 11 is 7.10. The molecule has 0 aliphatic heterocycles. The lowest BCUT2D eigenvalue weighted by Gasteiger charge is -2.01. The molecule has 7 nitrogen and oxygen atoms in total. The third-order valence-corrected chi connectivity index (χ3v) is 3.35. The number of nitrogens with one attached hydrogen (secondary N) is 2. The third-order valence-electron chi connectivity index (χ3n) is 2.32. The van der Waals surface area contributed by atoms with E-state index in [1.807, 2.05) is 0 Å². The van der Waals surface area contributed by atoms with Crippen LogP contribution in [0.15, 0.2) is 23.7 Å². The van der Waals surface area contributed by atoms with E-state index in [2.05, 4.69) is 20.6 Å². The van der Waals surface area contributed by atoms with Gasteiger partial charge in [0.1, 0.15) is 5.82 Å². The zero-order chi connectivity index (χ0) is 15.2. The van der Waals surface area contributed by atoms with Gasteiger partial charge < -0.3 is 16.4 Å². The molecule has 0 aromatic carbocycles. The molecule has 0 saturated heterocycles. The lowest BCUT2D eigenvalue weighted by Crippen LogP contribution is -2.34. The number of nitrogens with two attached hydrogens (primary N) is 1. The number of hydrogen-bond donors (Lipinski definition) is 3. The van der Waals surface area contributed by atoms with Crippen molar-refractivity contribution in [3.05, 3.63) is 34.4 Å². The second kappa shape index (κ2) is 7.00. The standard InChI is InChI=1S/C12H12ClN5O2S/c13-7-1-2-10(15-4-7)18-12-17-8(6-21-12)3-11(20)16-5-9(14)19/h1-2,4,6H,3,5H2,(H2,14,19)(H,16,20)(H,15,17,18). The van der Waals surface area contributed by atoms with Gasteiger partial charge in [0.05, 0.1) is 23.7 Å². The van der Waals surface area contributed by atoms with Gasteiger partial charge in [0.2, 0.25) is 11.8 Å². The summed E-state index contributed by atoms with van der Waals surface area (Å²) in [5.74, 6) is -0.286. The summed E-state index contributed by atoms with van der Waals surface area (Å²) in [4.78, 5) is 30.4. The molecule has 2 rings (SSSR count). The van der Waals surface area contributed by atoms with Gasteiger partial charge in [-0.3, -0.25) is 9.59 Å². The first-order valence-corrected chi connectivity index (χ1v) is 7.16. The second-order valence-electron chi connectivity index (χ2n) is 4.05. The maximum absolute atomic E-state index is 11.5. The van der Waals surface area contributed by atoms with E-state index >= 15 is 0 Å². The van der Waals surface area contributed by atoms with Crippen LogP contribution in [0.3, 0.4) is 0 Å². The molecule has 0 aliphatic rings. The number of thiazole rings is 1. The molecule has 0 fully saturated rings. The van der Waals surface area contributed by atoms with Crippen molar-refractivity contribution in [2.24, 2.45) is 5.73 Å². The fourth-order valence-corrected chi connectivity index (χ4v) is 2.25. The third kappa shape index (κ3) is 5.01. The van der Waals surface area contributed by atoms with Crippen LogP contribution >= 0.6 is 22.9 Å².